The zero-order valence-electron chi connectivity index (χ0n) is 13.6. The van der Waals surface area contributed by atoms with Crippen LogP contribution in [-0.2, 0) is 11.3 Å². The van der Waals surface area contributed by atoms with E-state index < -0.39 is 0 Å². The van der Waals surface area contributed by atoms with Gasteiger partial charge in [0.05, 0.1) is 12.9 Å². The van der Waals surface area contributed by atoms with Crippen LogP contribution < -0.4 is 4.74 Å². The molecule has 0 saturated heterocycles. The van der Waals surface area contributed by atoms with Crippen molar-refractivity contribution in [2.24, 2.45) is 0 Å². The van der Waals surface area contributed by atoms with Gasteiger partial charge in [0.2, 0.25) is 5.91 Å². The molecule has 1 fully saturated rings. The van der Waals surface area contributed by atoms with E-state index >= 15 is 0 Å². The first-order valence-electron chi connectivity index (χ1n) is 7.97. The summed E-state index contributed by atoms with van der Waals surface area (Å²) in [5.74, 6) is 0.960. The minimum atomic E-state index is -0.251. The number of carbonyl (C=O) groups is 1. The predicted octanol–water partition coefficient (Wildman–Crippen LogP) is 4.12. The Kier molecular flexibility index (Phi) is 5.41. The molecule has 2 aromatic carbocycles. The van der Waals surface area contributed by atoms with Gasteiger partial charge in [-0.25, -0.2) is 4.39 Å². The molecule has 0 aromatic heterocycles. The molecule has 24 heavy (non-hydrogen) atoms. The fourth-order valence-electron chi connectivity index (χ4n) is 2.52. The summed E-state index contributed by atoms with van der Waals surface area (Å²) in [6, 6.07) is 14.6. The van der Waals surface area contributed by atoms with E-state index in [1.807, 2.05) is 29.2 Å². The largest absolute Gasteiger partial charge is 0.497 e. The monoisotopic (exact) mass is 345 g/mol. The molecular formula is C19H20FNO2S. The minimum Gasteiger partial charge on any atom is -0.497 e. The van der Waals surface area contributed by atoms with Crippen LogP contribution in [0, 0.1) is 5.82 Å². The maximum absolute atomic E-state index is 13.9. The fourth-order valence-corrected chi connectivity index (χ4v) is 3.30. The Labute approximate surface area is 145 Å². The molecule has 126 valence electrons. The van der Waals surface area contributed by atoms with Gasteiger partial charge in [-0.15, -0.1) is 11.8 Å². The summed E-state index contributed by atoms with van der Waals surface area (Å²) in [6.07, 6.45) is 2.01. The van der Waals surface area contributed by atoms with Crippen LogP contribution in [0.1, 0.15) is 18.4 Å². The van der Waals surface area contributed by atoms with Crippen molar-refractivity contribution in [2.75, 3.05) is 12.9 Å². The molecule has 1 aliphatic carbocycles. The average Bonchev–Trinajstić information content (AvgIpc) is 3.44. The third kappa shape index (κ3) is 4.29. The predicted molar refractivity (Wildman–Crippen MR) is 93.7 cm³/mol. The van der Waals surface area contributed by atoms with E-state index in [2.05, 4.69) is 0 Å². The topological polar surface area (TPSA) is 29.5 Å². The van der Waals surface area contributed by atoms with Crippen LogP contribution in [0.15, 0.2) is 53.4 Å². The van der Waals surface area contributed by atoms with Gasteiger partial charge in [-0.1, -0.05) is 18.2 Å². The Morgan fingerprint density at radius 3 is 2.54 bits per heavy atom. The summed E-state index contributed by atoms with van der Waals surface area (Å²) in [4.78, 5) is 15.4. The zero-order chi connectivity index (χ0) is 16.9. The van der Waals surface area contributed by atoms with E-state index in [4.69, 9.17) is 4.74 Å². The van der Waals surface area contributed by atoms with E-state index in [1.54, 1.807) is 25.3 Å². The highest BCUT2D eigenvalue weighted by atomic mass is 32.2. The van der Waals surface area contributed by atoms with Gasteiger partial charge in [-0.05, 0) is 43.2 Å². The molecule has 0 heterocycles. The molecule has 3 rings (SSSR count). The summed E-state index contributed by atoms with van der Waals surface area (Å²) in [5.41, 5.74) is 0.576. The molecule has 1 saturated carbocycles. The van der Waals surface area contributed by atoms with E-state index in [9.17, 15) is 9.18 Å². The summed E-state index contributed by atoms with van der Waals surface area (Å²) < 4.78 is 19.0. The highest BCUT2D eigenvalue weighted by Crippen LogP contribution is 2.30. The van der Waals surface area contributed by atoms with Crippen molar-refractivity contribution in [1.29, 1.82) is 0 Å². The number of amides is 1. The average molecular weight is 345 g/mol. The van der Waals surface area contributed by atoms with Crippen molar-refractivity contribution in [3.8, 4) is 5.75 Å². The van der Waals surface area contributed by atoms with Crippen LogP contribution in [0.5, 0.6) is 5.75 Å². The van der Waals surface area contributed by atoms with Crippen LogP contribution in [0.25, 0.3) is 0 Å². The van der Waals surface area contributed by atoms with E-state index in [0.717, 1.165) is 23.5 Å². The minimum absolute atomic E-state index is 0.0570. The molecule has 1 aliphatic rings. The Balaban J connectivity index is 1.61. The van der Waals surface area contributed by atoms with Crippen molar-refractivity contribution >= 4 is 17.7 Å². The van der Waals surface area contributed by atoms with Crippen LogP contribution >= 0.6 is 11.8 Å². The normalized spacial score (nSPS) is 13.6. The molecule has 0 N–H and O–H groups in total. The van der Waals surface area contributed by atoms with Gasteiger partial charge in [0, 0.05) is 23.0 Å². The van der Waals surface area contributed by atoms with Crippen LogP contribution in [-0.4, -0.2) is 29.7 Å². The molecule has 0 aliphatic heterocycles. The molecule has 3 nitrogen and oxygen atoms in total. The molecule has 1 amide bonds. The maximum Gasteiger partial charge on any atom is 0.233 e. The Hall–Kier alpha value is -2.01. The quantitative estimate of drug-likeness (QED) is 0.707. The number of carbonyl (C=O) groups excluding carboxylic acids is 1. The number of ether oxygens (including phenoxy) is 1. The van der Waals surface area contributed by atoms with Gasteiger partial charge in [0.15, 0.2) is 0 Å². The third-order valence-electron chi connectivity index (χ3n) is 4.03. The number of thioether (sulfide) groups is 1. The van der Waals surface area contributed by atoms with Gasteiger partial charge in [0.1, 0.15) is 11.6 Å². The molecule has 0 spiro atoms. The van der Waals surface area contributed by atoms with Gasteiger partial charge in [-0.2, -0.15) is 0 Å². The molecule has 0 atom stereocenters. The second-order valence-electron chi connectivity index (χ2n) is 5.81. The third-order valence-corrected chi connectivity index (χ3v) is 5.03. The Morgan fingerprint density at radius 1 is 1.21 bits per heavy atom. The summed E-state index contributed by atoms with van der Waals surface area (Å²) >= 11 is 1.50. The Bertz CT molecular complexity index is 701. The fraction of sp³-hybridized carbons (Fsp3) is 0.316. The van der Waals surface area contributed by atoms with Crippen molar-refractivity contribution in [1.82, 2.24) is 4.90 Å². The standard InChI is InChI=1S/C19H20FNO2S/c1-23-16-8-10-17(11-9-16)24-13-19(22)21(15-6-7-15)12-14-4-2-3-5-18(14)20/h2-5,8-11,15H,6-7,12-13H2,1H3. The number of hydrogen-bond acceptors (Lipinski definition) is 3. The molecule has 0 unspecified atom stereocenters. The second kappa shape index (κ2) is 7.71. The first kappa shape index (κ1) is 16.8. The molecule has 0 radical (unpaired) electrons. The van der Waals surface area contributed by atoms with Gasteiger partial charge >= 0.3 is 0 Å². The zero-order valence-corrected chi connectivity index (χ0v) is 14.4. The number of nitrogens with zero attached hydrogens (tertiary/aromatic N) is 1. The summed E-state index contributed by atoms with van der Waals surface area (Å²) in [7, 11) is 1.63. The number of rotatable bonds is 7. The first-order chi connectivity index (χ1) is 11.7. The van der Waals surface area contributed by atoms with Crippen LogP contribution in [0.2, 0.25) is 0 Å². The molecule has 5 heteroatoms. The lowest BCUT2D eigenvalue weighted by atomic mass is 10.2. The number of halogens is 1. The smallest absolute Gasteiger partial charge is 0.233 e. The summed E-state index contributed by atoms with van der Waals surface area (Å²) in [5, 5.41) is 0. The molecule has 0 bridgehead atoms. The van der Waals surface area contributed by atoms with Gasteiger partial charge in [0.25, 0.3) is 0 Å². The van der Waals surface area contributed by atoms with Crippen LogP contribution in [0.4, 0.5) is 4.39 Å². The van der Waals surface area contributed by atoms with Gasteiger partial charge in [-0.3, -0.25) is 4.79 Å². The molecular weight excluding hydrogens is 325 g/mol. The lowest BCUT2D eigenvalue weighted by Crippen LogP contribution is -2.34. The van der Waals surface area contributed by atoms with E-state index in [1.165, 1.54) is 17.8 Å². The lowest BCUT2D eigenvalue weighted by molar-refractivity contribution is -0.129. The van der Waals surface area contributed by atoms with Crippen LogP contribution in [0.3, 0.4) is 0 Å². The number of methoxy groups -OCH3 is 1. The number of benzene rings is 2. The lowest BCUT2D eigenvalue weighted by Gasteiger charge is -2.22. The summed E-state index contributed by atoms with van der Waals surface area (Å²) in [6.45, 7) is 0.347. The number of hydrogen-bond donors (Lipinski definition) is 0. The van der Waals surface area contributed by atoms with Gasteiger partial charge < -0.3 is 9.64 Å². The van der Waals surface area contributed by atoms with E-state index in [-0.39, 0.29) is 17.8 Å². The van der Waals surface area contributed by atoms with Crippen molar-refractivity contribution < 1.29 is 13.9 Å². The van der Waals surface area contributed by atoms with Crippen molar-refractivity contribution in [2.45, 2.75) is 30.3 Å². The second-order valence-corrected chi connectivity index (χ2v) is 6.86. The SMILES string of the molecule is COc1ccc(SCC(=O)N(Cc2ccccc2F)C2CC2)cc1. The van der Waals surface area contributed by atoms with Crippen molar-refractivity contribution in [3.63, 3.8) is 0 Å². The molecule has 2 aromatic rings. The Morgan fingerprint density at radius 2 is 1.92 bits per heavy atom. The van der Waals surface area contributed by atoms with Crippen molar-refractivity contribution in [3.05, 3.63) is 59.9 Å². The maximum atomic E-state index is 13.9. The van der Waals surface area contributed by atoms with E-state index in [0.29, 0.717) is 17.9 Å². The highest BCUT2D eigenvalue weighted by molar-refractivity contribution is 8.00. The highest BCUT2D eigenvalue weighted by Gasteiger charge is 2.32. The first-order valence-corrected chi connectivity index (χ1v) is 8.95.